The van der Waals surface area contributed by atoms with Crippen LogP contribution in [0.1, 0.15) is 44.2 Å². The summed E-state index contributed by atoms with van der Waals surface area (Å²) < 4.78 is 10.7. The largest absolute Gasteiger partial charge is 0.493 e. The molecule has 0 spiro atoms. The van der Waals surface area contributed by atoms with Gasteiger partial charge in [0.1, 0.15) is 17.8 Å². The lowest BCUT2D eigenvalue weighted by atomic mass is 9.98. The summed E-state index contributed by atoms with van der Waals surface area (Å²) in [5.74, 6) is -0.800. The SMILES string of the molecule is CC(=O)N[C@H]1CN(C(=O)C2(O)COC2)CC[C@H]2CC[C@@H](C(=O)N[C@@H]3CCOc4ccccc43)N2C1=O. The number of benzene rings is 1. The van der Waals surface area contributed by atoms with Gasteiger partial charge in [-0.2, -0.15) is 0 Å². The maximum absolute atomic E-state index is 13.7. The van der Waals surface area contributed by atoms with Crippen LogP contribution in [0.4, 0.5) is 0 Å². The molecular formula is C25H32N4O7. The highest BCUT2D eigenvalue weighted by atomic mass is 16.5. The van der Waals surface area contributed by atoms with Gasteiger partial charge in [0.15, 0.2) is 5.60 Å². The number of carbonyl (C=O) groups excluding carboxylic acids is 4. The fourth-order valence-corrected chi connectivity index (χ4v) is 5.64. The summed E-state index contributed by atoms with van der Waals surface area (Å²) in [7, 11) is 0. The van der Waals surface area contributed by atoms with E-state index in [1.807, 2.05) is 24.3 Å². The van der Waals surface area contributed by atoms with E-state index in [0.717, 1.165) is 11.3 Å². The van der Waals surface area contributed by atoms with Crippen molar-refractivity contribution in [2.24, 2.45) is 0 Å². The molecule has 0 aromatic heterocycles. The Labute approximate surface area is 209 Å². The quantitative estimate of drug-likeness (QED) is 0.506. The summed E-state index contributed by atoms with van der Waals surface area (Å²) in [6, 6.07) is 5.44. The Morgan fingerprint density at radius 3 is 2.56 bits per heavy atom. The second-order valence-corrected chi connectivity index (χ2v) is 10.0. The lowest BCUT2D eigenvalue weighted by molar-refractivity contribution is -0.201. The van der Waals surface area contributed by atoms with Gasteiger partial charge in [0, 0.05) is 31.5 Å². The zero-order valence-corrected chi connectivity index (χ0v) is 20.3. The Hall–Kier alpha value is -3.18. The van der Waals surface area contributed by atoms with E-state index in [0.29, 0.717) is 38.8 Å². The first-order valence-electron chi connectivity index (χ1n) is 12.5. The number of nitrogens with zero attached hydrogens (tertiary/aromatic N) is 2. The van der Waals surface area contributed by atoms with Crippen molar-refractivity contribution in [2.75, 3.05) is 32.9 Å². The molecule has 3 fully saturated rings. The maximum Gasteiger partial charge on any atom is 0.259 e. The summed E-state index contributed by atoms with van der Waals surface area (Å²) in [4.78, 5) is 55.1. The summed E-state index contributed by atoms with van der Waals surface area (Å²) >= 11 is 0. The molecule has 1 aromatic carbocycles. The van der Waals surface area contributed by atoms with E-state index in [1.165, 1.54) is 11.8 Å². The van der Waals surface area contributed by atoms with Crippen molar-refractivity contribution in [3.05, 3.63) is 29.8 Å². The molecule has 4 amide bonds. The van der Waals surface area contributed by atoms with Gasteiger partial charge in [0.2, 0.25) is 17.7 Å². The molecule has 0 aliphatic carbocycles. The Kier molecular flexibility index (Phi) is 6.60. The first-order chi connectivity index (χ1) is 17.3. The average Bonchev–Trinajstić information content (AvgIpc) is 3.26. The van der Waals surface area contributed by atoms with Crippen molar-refractivity contribution in [1.82, 2.24) is 20.4 Å². The van der Waals surface area contributed by atoms with E-state index < -0.39 is 35.4 Å². The lowest BCUT2D eigenvalue weighted by Gasteiger charge is -2.43. The van der Waals surface area contributed by atoms with Gasteiger partial charge >= 0.3 is 0 Å². The third kappa shape index (κ3) is 4.53. The molecule has 11 nitrogen and oxygen atoms in total. The molecule has 0 radical (unpaired) electrons. The van der Waals surface area contributed by atoms with Crippen LogP contribution >= 0.6 is 0 Å². The number of fused-ring (bicyclic) bond motifs is 2. The van der Waals surface area contributed by atoms with Crippen LogP contribution in [0.3, 0.4) is 0 Å². The Balaban J connectivity index is 1.34. The van der Waals surface area contributed by atoms with Crippen LogP contribution in [-0.2, 0) is 23.9 Å². The van der Waals surface area contributed by atoms with Crippen molar-refractivity contribution < 1.29 is 33.8 Å². The minimum Gasteiger partial charge on any atom is -0.493 e. The third-order valence-corrected chi connectivity index (χ3v) is 7.51. The lowest BCUT2D eigenvalue weighted by Crippen LogP contribution is -2.66. The first-order valence-corrected chi connectivity index (χ1v) is 12.5. The van der Waals surface area contributed by atoms with Gasteiger partial charge in [-0.1, -0.05) is 18.2 Å². The number of carbonyl (C=O) groups is 4. The number of nitrogens with one attached hydrogen (secondary N) is 2. The number of amides is 4. The smallest absolute Gasteiger partial charge is 0.259 e. The number of ether oxygens (including phenoxy) is 2. The highest BCUT2D eigenvalue weighted by molar-refractivity contribution is 5.94. The van der Waals surface area contributed by atoms with Crippen molar-refractivity contribution in [1.29, 1.82) is 0 Å². The predicted molar refractivity (Wildman–Crippen MR) is 126 cm³/mol. The number of aliphatic hydroxyl groups is 1. The summed E-state index contributed by atoms with van der Waals surface area (Å²) in [5, 5.41) is 16.3. The van der Waals surface area contributed by atoms with Gasteiger partial charge < -0.3 is 35.0 Å². The average molecular weight is 501 g/mol. The van der Waals surface area contributed by atoms with E-state index in [-0.39, 0.29) is 37.7 Å². The fourth-order valence-electron chi connectivity index (χ4n) is 5.64. The van der Waals surface area contributed by atoms with Crippen LogP contribution in [-0.4, -0.2) is 95.2 Å². The minimum atomic E-state index is -1.60. The second-order valence-electron chi connectivity index (χ2n) is 10.0. The van der Waals surface area contributed by atoms with E-state index >= 15 is 0 Å². The zero-order chi connectivity index (χ0) is 25.4. The topological polar surface area (TPSA) is 138 Å². The summed E-state index contributed by atoms with van der Waals surface area (Å²) in [6.07, 6.45) is 2.21. The summed E-state index contributed by atoms with van der Waals surface area (Å²) in [6.45, 7) is 1.84. The predicted octanol–water partition coefficient (Wildman–Crippen LogP) is -0.516. The minimum absolute atomic E-state index is 0.0789. The van der Waals surface area contributed by atoms with Gasteiger partial charge in [-0.15, -0.1) is 0 Å². The van der Waals surface area contributed by atoms with Gasteiger partial charge in [-0.25, -0.2) is 0 Å². The molecule has 3 saturated heterocycles. The molecule has 1 aromatic rings. The van der Waals surface area contributed by atoms with Gasteiger partial charge in [-0.05, 0) is 25.3 Å². The zero-order valence-electron chi connectivity index (χ0n) is 20.3. The molecule has 5 rings (SSSR count). The normalized spacial score (nSPS) is 29.0. The van der Waals surface area contributed by atoms with Crippen molar-refractivity contribution in [3.8, 4) is 5.75 Å². The molecular weight excluding hydrogens is 468 g/mol. The number of para-hydroxylation sites is 1. The Morgan fingerprint density at radius 1 is 1.06 bits per heavy atom. The Bertz CT molecular complexity index is 1060. The van der Waals surface area contributed by atoms with Gasteiger partial charge in [-0.3, -0.25) is 19.2 Å². The first kappa shape index (κ1) is 24.5. The van der Waals surface area contributed by atoms with E-state index in [9.17, 15) is 24.3 Å². The molecule has 36 heavy (non-hydrogen) atoms. The van der Waals surface area contributed by atoms with Crippen molar-refractivity contribution in [3.63, 3.8) is 0 Å². The number of hydrogen-bond donors (Lipinski definition) is 3. The number of hydrogen-bond acceptors (Lipinski definition) is 7. The second kappa shape index (κ2) is 9.70. The molecule has 4 atom stereocenters. The van der Waals surface area contributed by atoms with Gasteiger partial charge in [0.25, 0.3) is 5.91 Å². The third-order valence-electron chi connectivity index (χ3n) is 7.51. The highest BCUT2D eigenvalue weighted by Gasteiger charge is 2.50. The van der Waals surface area contributed by atoms with Crippen molar-refractivity contribution in [2.45, 2.75) is 62.4 Å². The fraction of sp³-hybridized carbons (Fsp3) is 0.600. The van der Waals surface area contributed by atoms with Crippen LogP contribution in [0.15, 0.2) is 24.3 Å². The molecule has 3 N–H and O–H groups in total. The molecule has 4 aliphatic heterocycles. The molecule has 194 valence electrons. The van der Waals surface area contributed by atoms with Crippen LogP contribution in [0.5, 0.6) is 5.75 Å². The summed E-state index contributed by atoms with van der Waals surface area (Å²) in [5.41, 5.74) is -0.685. The van der Waals surface area contributed by atoms with E-state index in [1.54, 1.807) is 4.90 Å². The van der Waals surface area contributed by atoms with Crippen LogP contribution in [0, 0.1) is 0 Å². The molecule has 4 aliphatic rings. The van der Waals surface area contributed by atoms with Crippen LogP contribution in [0.25, 0.3) is 0 Å². The molecule has 0 bridgehead atoms. The van der Waals surface area contributed by atoms with Gasteiger partial charge in [0.05, 0.1) is 32.4 Å². The molecule has 4 heterocycles. The van der Waals surface area contributed by atoms with E-state index in [2.05, 4.69) is 10.6 Å². The highest BCUT2D eigenvalue weighted by Crippen LogP contribution is 2.34. The number of rotatable bonds is 4. The maximum atomic E-state index is 13.7. The standard InChI is InChI=1S/C25H32N4O7/c1-15(30)26-19-12-28(24(33)25(34)13-35-14-25)10-8-16-6-7-20(29(16)23(19)32)22(31)27-18-9-11-36-21-5-3-2-4-17(18)21/h2-5,16,18-20,34H,6-14H2,1H3,(H,26,30)(H,27,31)/t16-,18-,19+,20+/m1/s1. The Morgan fingerprint density at radius 2 is 1.83 bits per heavy atom. The van der Waals surface area contributed by atoms with E-state index in [4.69, 9.17) is 9.47 Å². The monoisotopic (exact) mass is 500 g/mol. The van der Waals surface area contributed by atoms with Crippen LogP contribution in [0.2, 0.25) is 0 Å². The van der Waals surface area contributed by atoms with Crippen LogP contribution < -0.4 is 15.4 Å². The molecule has 11 heteroatoms. The van der Waals surface area contributed by atoms with Crippen molar-refractivity contribution >= 4 is 23.6 Å². The molecule has 0 saturated carbocycles. The molecule has 0 unspecified atom stereocenters.